The summed E-state index contributed by atoms with van der Waals surface area (Å²) in [5, 5.41) is 5.48. The second-order valence-electron chi connectivity index (χ2n) is 17.7. The van der Waals surface area contributed by atoms with E-state index in [1.165, 1.54) is 111 Å². The predicted molar refractivity (Wildman–Crippen MR) is 209 cm³/mol. The number of hydrogen-bond acceptors (Lipinski definition) is 0. The molecule has 4 aliphatic heterocycles. The molecule has 0 spiro atoms. The van der Waals surface area contributed by atoms with Gasteiger partial charge in [-0.3, -0.25) is 0 Å². The molecule has 0 aliphatic carbocycles. The van der Waals surface area contributed by atoms with Crippen LogP contribution in [0.3, 0.4) is 0 Å². The molecule has 6 aromatic carbocycles. The van der Waals surface area contributed by atoms with Crippen LogP contribution in [0, 0.1) is 0 Å². The standard InChI is InChI=1S/C48H40N2/c1-45(2)31-17-9-13-27-29-15-11-19-33-41(29)49(39(27)31)43-35(45)23-21-25(37(43)47(33,5)6)26-22-24-36-44-38(26)48(7,8)34-20-12-16-30-28-14-10-18-32(46(36,3)4)40(28)50(44)42(30)34/h9-24H,1-8H3. The molecule has 242 valence electrons. The summed E-state index contributed by atoms with van der Waals surface area (Å²) >= 11 is 0. The first-order chi connectivity index (χ1) is 23.9. The summed E-state index contributed by atoms with van der Waals surface area (Å²) in [6.07, 6.45) is 0. The van der Waals surface area contributed by atoms with Gasteiger partial charge in [-0.05, 0) is 55.6 Å². The maximum Gasteiger partial charge on any atom is 0.0582 e. The highest BCUT2D eigenvalue weighted by Gasteiger charge is 2.48. The van der Waals surface area contributed by atoms with Crippen molar-refractivity contribution >= 4 is 43.6 Å². The Balaban J connectivity index is 1.29. The van der Waals surface area contributed by atoms with Crippen molar-refractivity contribution in [1.82, 2.24) is 9.13 Å². The summed E-state index contributed by atoms with van der Waals surface area (Å²) in [5.74, 6) is 0. The predicted octanol–water partition coefficient (Wildman–Crippen LogP) is 12.1. The zero-order chi connectivity index (χ0) is 34.0. The zero-order valence-corrected chi connectivity index (χ0v) is 30.1. The fourth-order valence-corrected chi connectivity index (χ4v) is 11.6. The van der Waals surface area contributed by atoms with Crippen molar-refractivity contribution in [3.8, 4) is 22.5 Å². The molecule has 0 N–H and O–H groups in total. The van der Waals surface area contributed by atoms with Crippen LogP contribution < -0.4 is 0 Å². The molecule has 0 saturated heterocycles. The topological polar surface area (TPSA) is 9.86 Å². The first-order valence-electron chi connectivity index (χ1n) is 18.4. The molecular formula is C48H40N2. The van der Waals surface area contributed by atoms with E-state index in [1.54, 1.807) is 0 Å². The van der Waals surface area contributed by atoms with E-state index < -0.39 is 0 Å². The lowest BCUT2D eigenvalue weighted by Gasteiger charge is -2.45. The third-order valence-electron chi connectivity index (χ3n) is 14.0. The van der Waals surface area contributed by atoms with Gasteiger partial charge in [-0.1, -0.05) is 152 Å². The van der Waals surface area contributed by atoms with E-state index in [4.69, 9.17) is 0 Å². The highest BCUT2D eigenvalue weighted by molar-refractivity contribution is 6.16. The highest BCUT2D eigenvalue weighted by Crippen LogP contribution is 2.61. The molecule has 0 bridgehead atoms. The molecule has 6 heterocycles. The highest BCUT2D eigenvalue weighted by atomic mass is 15.0. The Morgan fingerprint density at radius 2 is 0.620 bits per heavy atom. The summed E-state index contributed by atoms with van der Waals surface area (Å²) < 4.78 is 5.34. The van der Waals surface area contributed by atoms with E-state index in [1.807, 2.05) is 0 Å². The number of para-hydroxylation sites is 4. The van der Waals surface area contributed by atoms with Gasteiger partial charge >= 0.3 is 0 Å². The van der Waals surface area contributed by atoms with Crippen molar-refractivity contribution in [2.24, 2.45) is 0 Å². The Morgan fingerprint density at radius 1 is 0.320 bits per heavy atom. The Morgan fingerprint density at radius 3 is 0.940 bits per heavy atom. The van der Waals surface area contributed by atoms with Crippen molar-refractivity contribution in [2.45, 2.75) is 77.0 Å². The molecule has 0 atom stereocenters. The average Bonchev–Trinajstić information content (AvgIpc) is 3.62. The van der Waals surface area contributed by atoms with Gasteiger partial charge in [0.05, 0.1) is 33.4 Å². The van der Waals surface area contributed by atoms with Gasteiger partial charge in [-0.25, -0.2) is 0 Å². The summed E-state index contributed by atoms with van der Waals surface area (Å²) in [5.41, 5.74) is 21.9. The molecule has 0 radical (unpaired) electrons. The van der Waals surface area contributed by atoms with Crippen LogP contribution in [-0.2, 0) is 21.7 Å². The minimum absolute atomic E-state index is 0.126. The van der Waals surface area contributed by atoms with E-state index >= 15 is 0 Å². The Bertz CT molecular complexity index is 2720. The third-order valence-corrected chi connectivity index (χ3v) is 14.0. The van der Waals surface area contributed by atoms with Crippen LogP contribution in [0.1, 0.15) is 99.9 Å². The van der Waals surface area contributed by atoms with Crippen LogP contribution in [0.5, 0.6) is 0 Å². The maximum atomic E-state index is 2.67. The van der Waals surface area contributed by atoms with Crippen LogP contribution in [0.25, 0.3) is 66.1 Å². The first-order valence-corrected chi connectivity index (χ1v) is 18.4. The van der Waals surface area contributed by atoms with E-state index in [0.29, 0.717) is 0 Å². The number of fused-ring (bicyclic) bond motifs is 2. The van der Waals surface area contributed by atoms with Gasteiger partial charge in [-0.2, -0.15) is 0 Å². The minimum Gasteiger partial charge on any atom is -0.308 e. The Labute approximate surface area is 293 Å². The second-order valence-corrected chi connectivity index (χ2v) is 17.7. The van der Waals surface area contributed by atoms with Gasteiger partial charge in [0.25, 0.3) is 0 Å². The molecule has 0 fully saturated rings. The molecular weight excluding hydrogens is 605 g/mol. The normalized spacial score (nSPS) is 18.6. The van der Waals surface area contributed by atoms with E-state index in [2.05, 4.69) is 162 Å². The second kappa shape index (κ2) is 7.94. The number of rotatable bonds is 1. The van der Waals surface area contributed by atoms with Crippen LogP contribution in [0.2, 0.25) is 0 Å². The van der Waals surface area contributed by atoms with E-state index in [-0.39, 0.29) is 21.7 Å². The smallest absolute Gasteiger partial charge is 0.0582 e. The van der Waals surface area contributed by atoms with Gasteiger partial charge in [-0.15, -0.1) is 0 Å². The molecule has 0 unspecified atom stereocenters. The molecule has 2 heteroatoms. The number of nitrogens with zero attached hydrogens (tertiary/aromatic N) is 2. The summed E-state index contributed by atoms with van der Waals surface area (Å²) in [7, 11) is 0. The van der Waals surface area contributed by atoms with E-state index in [9.17, 15) is 0 Å². The van der Waals surface area contributed by atoms with Crippen LogP contribution in [-0.4, -0.2) is 9.13 Å². The lowest BCUT2D eigenvalue weighted by atomic mass is 9.64. The molecule has 12 rings (SSSR count). The van der Waals surface area contributed by atoms with Crippen molar-refractivity contribution in [3.05, 3.63) is 142 Å². The summed E-state index contributed by atoms with van der Waals surface area (Å²) in [6.45, 7) is 19.7. The fourth-order valence-electron chi connectivity index (χ4n) is 11.6. The van der Waals surface area contributed by atoms with E-state index in [0.717, 1.165) is 0 Å². The van der Waals surface area contributed by atoms with Crippen molar-refractivity contribution in [1.29, 1.82) is 0 Å². The third kappa shape index (κ3) is 2.64. The van der Waals surface area contributed by atoms with Gasteiger partial charge in [0.1, 0.15) is 0 Å². The maximum absolute atomic E-state index is 2.67. The van der Waals surface area contributed by atoms with Crippen molar-refractivity contribution in [3.63, 3.8) is 0 Å². The molecule has 2 aromatic heterocycles. The van der Waals surface area contributed by atoms with Crippen molar-refractivity contribution < 1.29 is 0 Å². The number of hydrogen-bond donors (Lipinski definition) is 0. The van der Waals surface area contributed by atoms with Gasteiger partial charge in [0, 0.05) is 43.2 Å². The van der Waals surface area contributed by atoms with Gasteiger partial charge in [0.2, 0.25) is 0 Å². The number of aromatic nitrogens is 2. The molecule has 2 nitrogen and oxygen atoms in total. The quantitative estimate of drug-likeness (QED) is 0.168. The number of benzene rings is 6. The Kier molecular flexibility index (Phi) is 4.40. The van der Waals surface area contributed by atoms with Crippen LogP contribution in [0.15, 0.2) is 97.1 Å². The fraction of sp³-hybridized carbons (Fsp3) is 0.250. The first kappa shape index (κ1) is 27.7. The monoisotopic (exact) mass is 644 g/mol. The summed E-state index contributed by atoms with van der Waals surface area (Å²) in [4.78, 5) is 0. The average molecular weight is 645 g/mol. The SMILES string of the molecule is CC1(C)c2ccc(-c3ccc4c5c3C(C)(C)c3cccc6c7cccc(c7n-5c36)C4(C)C)c3c2-n2c4c1cccc4c1cccc(c12)C3(C)C. The van der Waals surface area contributed by atoms with Gasteiger partial charge in [0.15, 0.2) is 0 Å². The largest absolute Gasteiger partial charge is 0.308 e. The molecule has 50 heavy (non-hydrogen) atoms. The van der Waals surface area contributed by atoms with Crippen molar-refractivity contribution in [2.75, 3.05) is 0 Å². The molecule has 4 aliphatic rings. The molecule has 8 aromatic rings. The lowest BCUT2D eigenvalue weighted by molar-refractivity contribution is 0.589. The zero-order valence-electron chi connectivity index (χ0n) is 30.1. The van der Waals surface area contributed by atoms with Crippen LogP contribution >= 0.6 is 0 Å². The Hall–Kier alpha value is -5.08. The molecule has 0 amide bonds. The van der Waals surface area contributed by atoms with Crippen LogP contribution in [0.4, 0.5) is 0 Å². The lowest BCUT2D eigenvalue weighted by Crippen LogP contribution is -2.35. The minimum atomic E-state index is -0.211. The van der Waals surface area contributed by atoms with Gasteiger partial charge < -0.3 is 9.13 Å². The molecule has 0 saturated carbocycles. The summed E-state index contributed by atoms with van der Waals surface area (Å²) in [6, 6.07) is 38.0.